The number of ketones is 1. The van der Waals surface area contributed by atoms with Crippen molar-refractivity contribution in [2.24, 2.45) is 0 Å². The van der Waals surface area contributed by atoms with Gasteiger partial charge < -0.3 is 0 Å². The Bertz CT molecular complexity index is 148. The molecule has 0 saturated heterocycles. The molecule has 2 atom stereocenters. The van der Waals surface area contributed by atoms with Crippen LogP contribution in [0.2, 0.25) is 0 Å². The lowest BCUT2D eigenvalue weighted by Gasteiger charge is -1.87. The first-order valence-electron chi connectivity index (χ1n) is 2.83. The van der Waals surface area contributed by atoms with Gasteiger partial charge in [-0.2, -0.15) is 4.39 Å². The van der Waals surface area contributed by atoms with Gasteiger partial charge in [0.15, 0.2) is 0 Å². The summed E-state index contributed by atoms with van der Waals surface area (Å²) in [5, 5.41) is 0. The number of halogens is 1. The molecule has 0 aliphatic carbocycles. The van der Waals surface area contributed by atoms with Gasteiger partial charge in [-0.3, -0.25) is 4.79 Å². The Hall–Kier alpha value is -0.340. The second kappa shape index (κ2) is 4.47. The van der Waals surface area contributed by atoms with E-state index in [0.717, 1.165) is 6.92 Å². The predicted octanol–water partition coefficient (Wildman–Crippen LogP) is 1.65. The third-order valence-electron chi connectivity index (χ3n) is 0.777. The van der Waals surface area contributed by atoms with Gasteiger partial charge in [-0.1, -0.05) is 0 Å². The largest absolute Gasteiger partial charge is 0.553 e. The minimum absolute atomic E-state index is 0.156. The van der Waals surface area contributed by atoms with Gasteiger partial charge in [0.1, 0.15) is 0 Å². The van der Waals surface area contributed by atoms with E-state index in [9.17, 15) is 13.8 Å². The van der Waals surface area contributed by atoms with Gasteiger partial charge in [0.25, 0.3) is 0 Å². The molecule has 0 fully saturated rings. The van der Waals surface area contributed by atoms with Crippen molar-refractivity contribution in [1.29, 1.82) is 0 Å². The van der Waals surface area contributed by atoms with Crippen LogP contribution in [-0.4, -0.2) is 18.3 Å². The van der Waals surface area contributed by atoms with E-state index in [0.29, 0.717) is 0 Å². The van der Waals surface area contributed by atoms with Crippen LogP contribution >= 0.6 is 8.03 Å². The minimum Gasteiger partial charge on any atom is -0.292 e. The lowest BCUT2D eigenvalue weighted by atomic mass is 10.5. The molecule has 0 bridgehead atoms. The molecule has 0 heterocycles. The van der Waals surface area contributed by atoms with Crippen LogP contribution in [0, 0.1) is 0 Å². The van der Waals surface area contributed by atoms with Crippen molar-refractivity contribution in [3.63, 3.8) is 0 Å². The summed E-state index contributed by atoms with van der Waals surface area (Å²) < 4.78 is 27.2. The Kier molecular flexibility index (Phi) is 4.32. The number of alkyl halides is 1. The second-order valence-electron chi connectivity index (χ2n) is 1.65. The van der Waals surface area contributed by atoms with Gasteiger partial charge >= 0.3 is 13.9 Å². The fraction of sp³-hybridized carbons (Fsp3) is 0.800. The standard InChI is InChI=1S/C5H9FO3P/c1-3-9-10(8)5(6)4(2)7/h5H,3H2,1-2H3/q+1. The molecule has 10 heavy (non-hydrogen) atoms. The number of carbonyl (C=O) groups excluding carboxylic acids is 1. The number of hydrogen-bond acceptors (Lipinski definition) is 3. The van der Waals surface area contributed by atoms with Crippen molar-refractivity contribution >= 4 is 13.8 Å². The van der Waals surface area contributed by atoms with Crippen LogP contribution in [0.5, 0.6) is 0 Å². The molecule has 0 aliphatic rings. The highest BCUT2D eigenvalue weighted by Gasteiger charge is 2.36. The quantitative estimate of drug-likeness (QED) is 0.598. The number of Topliss-reactive ketones (excluding diaryl/α,β-unsaturated/α-hetero) is 1. The van der Waals surface area contributed by atoms with Crippen LogP contribution in [0.25, 0.3) is 0 Å². The highest BCUT2D eigenvalue weighted by atomic mass is 31.1. The summed E-state index contributed by atoms with van der Waals surface area (Å²) in [6.45, 7) is 2.78. The normalized spacial score (nSPS) is 14.5. The maximum Gasteiger partial charge on any atom is 0.553 e. The molecule has 3 nitrogen and oxygen atoms in total. The van der Waals surface area contributed by atoms with Crippen molar-refractivity contribution in [3.8, 4) is 0 Å². The van der Waals surface area contributed by atoms with E-state index in [-0.39, 0.29) is 6.61 Å². The highest BCUT2D eigenvalue weighted by Crippen LogP contribution is 2.30. The van der Waals surface area contributed by atoms with E-state index in [4.69, 9.17) is 0 Å². The SMILES string of the molecule is CCO[P+](=O)C(F)C(C)=O. The van der Waals surface area contributed by atoms with E-state index in [1.54, 1.807) is 6.92 Å². The topological polar surface area (TPSA) is 43.4 Å². The highest BCUT2D eigenvalue weighted by molar-refractivity contribution is 7.41. The lowest BCUT2D eigenvalue weighted by molar-refractivity contribution is -0.119. The molecule has 0 spiro atoms. The van der Waals surface area contributed by atoms with Gasteiger partial charge in [-0.15, -0.1) is 4.52 Å². The first kappa shape index (κ1) is 9.66. The molecule has 0 saturated carbocycles. The summed E-state index contributed by atoms with van der Waals surface area (Å²) >= 11 is 0. The van der Waals surface area contributed by atoms with Crippen molar-refractivity contribution in [1.82, 2.24) is 0 Å². The molecule has 0 aromatic carbocycles. The number of hydrogen-bond donors (Lipinski definition) is 0. The smallest absolute Gasteiger partial charge is 0.292 e. The van der Waals surface area contributed by atoms with Crippen molar-refractivity contribution in [2.75, 3.05) is 6.61 Å². The molecular weight excluding hydrogens is 158 g/mol. The minimum atomic E-state index is -2.45. The first-order valence-corrected chi connectivity index (χ1v) is 4.08. The predicted molar refractivity (Wildman–Crippen MR) is 34.8 cm³/mol. The Morgan fingerprint density at radius 2 is 2.30 bits per heavy atom. The van der Waals surface area contributed by atoms with Gasteiger partial charge in [-0.05, 0) is 11.5 Å². The average Bonchev–Trinajstić information content (AvgIpc) is 1.87. The zero-order chi connectivity index (χ0) is 8.15. The Morgan fingerprint density at radius 1 is 1.80 bits per heavy atom. The number of rotatable bonds is 4. The van der Waals surface area contributed by atoms with Crippen LogP contribution in [0.15, 0.2) is 0 Å². The zero-order valence-corrected chi connectivity index (χ0v) is 6.73. The third kappa shape index (κ3) is 2.99. The lowest BCUT2D eigenvalue weighted by Crippen LogP contribution is -2.07. The van der Waals surface area contributed by atoms with Crippen molar-refractivity contribution in [3.05, 3.63) is 0 Å². The number of carbonyl (C=O) groups is 1. The molecule has 5 heteroatoms. The fourth-order valence-corrected chi connectivity index (χ4v) is 1.02. The van der Waals surface area contributed by atoms with E-state index in [2.05, 4.69) is 4.52 Å². The Morgan fingerprint density at radius 3 is 2.60 bits per heavy atom. The Labute approximate surface area is 59.4 Å². The van der Waals surface area contributed by atoms with Crippen molar-refractivity contribution in [2.45, 2.75) is 19.8 Å². The molecule has 0 aromatic rings. The van der Waals surface area contributed by atoms with Gasteiger partial charge in [0, 0.05) is 6.92 Å². The molecule has 0 radical (unpaired) electrons. The molecule has 0 aromatic heterocycles. The van der Waals surface area contributed by atoms with Gasteiger partial charge in [0.05, 0.1) is 6.61 Å². The third-order valence-corrected chi connectivity index (χ3v) is 2.02. The molecular formula is C5H9FO3P+. The summed E-state index contributed by atoms with van der Waals surface area (Å²) in [5.41, 5.74) is 0. The summed E-state index contributed by atoms with van der Waals surface area (Å²) in [5.74, 6) is -2.72. The van der Waals surface area contributed by atoms with E-state index >= 15 is 0 Å². The fourth-order valence-electron chi connectivity index (χ4n) is 0.341. The monoisotopic (exact) mass is 167 g/mol. The second-order valence-corrected chi connectivity index (χ2v) is 2.93. The van der Waals surface area contributed by atoms with E-state index in [1.165, 1.54) is 0 Å². The average molecular weight is 167 g/mol. The molecule has 0 aliphatic heterocycles. The summed E-state index contributed by atoms with van der Waals surface area (Å²) in [6.07, 6.45) is 0. The molecule has 2 unspecified atom stereocenters. The van der Waals surface area contributed by atoms with E-state index < -0.39 is 19.7 Å². The van der Waals surface area contributed by atoms with E-state index in [1.807, 2.05) is 0 Å². The molecule has 0 amide bonds. The summed E-state index contributed by atoms with van der Waals surface area (Å²) in [4.78, 5) is 10.2. The van der Waals surface area contributed by atoms with Crippen LogP contribution in [0.4, 0.5) is 4.39 Å². The molecule has 0 N–H and O–H groups in total. The van der Waals surface area contributed by atoms with Crippen LogP contribution in [0.3, 0.4) is 0 Å². The zero-order valence-electron chi connectivity index (χ0n) is 5.83. The first-order chi connectivity index (χ1) is 4.59. The molecule has 0 rings (SSSR count). The summed E-state index contributed by atoms with van der Waals surface area (Å²) in [6, 6.07) is 0. The van der Waals surface area contributed by atoms with Crippen LogP contribution in [-0.2, 0) is 13.9 Å². The van der Waals surface area contributed by atoms with Crippen molar-refractivity contribution < 1.29 is 18.3 Å². The maximum atomic E-state index is 12.3. The maximum absolute atomic E-state index is 12.3. The Balaban J connectivity index is 3.82. The molecule has 58 valence electrons. The van der Waals surface area contributed by atoms with Gasteiger partial charge in [0.2, 0.25) is 5.78 Å². The van der Waals surface area contributed by atoms with Crippen LogP contribution in [0.1, 0.15) is 13.8 Å². The van der Waals surface area contributed by atoms with Gasteiger partial charge in [-0.25, -0.2) is 0 Å². The summed E-state index contributed by atoms with van der Waals surface area (Å²) in [7, 11) is -2.45. The van der Waals surface area contributed by atoms with Crippen LogP contribution < -0.4 is 0 Å².